The summed E-state index contributed by atoms with van der Waals surface area (Å²) in [5.41, 5.74) is 0. The van der Waals surface area contributed by atoms with E-state index in [4.69, 9.17) is 0 Å². The molecule has 2 unspecified atom stereocenters. The van der Waals surface area contributed by atoms with Gasteiger partial charge in [-0.2, -0.15) is 0 Å². The van der Waals surface area contributed by atoms with Gasteiger partial charge in [0.15, 0.2) is 0 Å². The molecule has 2 fully saturated rings. The van der Waals surface area contributed by atoms with Gasteiger partial charge in [-0.15, -0.1) is 0 Å². The molecule has 0 N–H and O–H groups in total. The van der Waals surface area contributed by atoms with E-state index in [0.29, 0.717) is 12.2 Å². The highest BCUT2D eigenvalue weighted by molar-refractivity contribution is 7.64. The molecule has 2 nitrogen and oxygen atoms in total. The van der Waals surface area contributed by atoms with Crippen LogP contribution in [0.25, 0.3) is 0 Å². The van der Waals surface area contributed by atoms with E-state index in [1.807, 2.05) is 0 Å². The van der Waals surface area contributed by atoms with E-state index in [2.05, 4.69) is 0 Å². The molecule has 2 bridgehead atoms. The van der Waals surface area contributed by atoms with Gasteiger partial charge in [-0.1, -0.05) is 0 Å². The Bertz CT molecular complexity index is 247. The Morgan fingerprint density at radius 3 is 2.83 bits per heavy atom. The molecule has 3 heteroatoms. The lowest BCUT2D eigenvalue weighted by molar-refractivity contribution is -0.122. The van der Waals surface area contributed by atoms with Crippen molar-refractivity contribution in [3.63, 3.8) is 0 Å². The second kappa shape index (κ2) is 2.99. The zero-order chi connectivity index (χ0) is 8.60. The molecule has 2 atom stereocenters. The molecule has 0 aromatic heterocycles. The zero-order valence-electron chi connectivity index (χ0n) is 7.29. The van der Waals surface area contributed by atoms with Gasteiger partial charge in [0, 0.05) is 30.8 Å². The highest BCUT2D eigenvalue weighted by atomic mass is 31.2. The van der Waals surface area contributed by atoms with Crippen molar-refractivity contribution in [3.8, 4) is 0 Å². The van der Waals surface area contributed by atoms with Crippen LogP contribution in [0.5, 0.6) is 0 Å². The van der Waals surface area contributed by atoms with Gasteiger partial charge in [0.2, 0.25) is 0 Å². The van der Waals surface area contributed by atoms with Gasteiger partial charge < -0.3 is 4.57 Å². The molecular formula is C9H15O2P. The first-order valence-corrected chi connectivity index (χ1v) is 7.06. The van der Waals surface area contributed by atoms with Gasteiger partial charge in [0.1, 0.15) is 5.78 Å². The van der Waals surface area contributed by atoms with Crippen LogP contribution >= 0.6 is 7.14 Å². The van der Waals surface area contributed by atoms with Crippen molar-refractivity contribution in [1.82, 2.24) is 0 Å². The zero-order valence-corrected chi connectivity index (χ0v) is 8.19. The molecule has 12 heavy (non-hydrogen) atoms. The fraction of sp³-hybridized carbons (Fsp3) is 0.889. The van der Waals surface area contributed by atoms with E-state index < -0.39 is 7.14 Å². The smallest absolute Gasteiger partial charge is 0.136 e. The van der Waals surface area contributed by atoms with Crippen molar-refractivity contribution in [2.75, 3.05) is 18.5 Å². The predicted octanol–water partition coefficient (Wildman–Crippen LogP) is 2.12. The molecule has 68 valence electrons. The quantitative estimate of drug-likeness (QED) is 0.543. The van der Waals surface area contributed by atoms with Crippen LogP contribution in [-0.4, -0.2) is 24.3 Å². The van der Waals surface area contributed by atoms with Crippen LogP contribution in [0.15, 0.2) is 0 Å². The first kappa shape index (κ1) is 8.50. The highest BCUT2D eigenvalue weighted by Gasteiger charge is 2.36. The lowest BCUT2D eigenvalue weighted by Gasteiger charge is -2.25. The molecule has 0 saturated carbocycles. The minimum Gasteiger partial charge on any atom is -0.324 e. The number of carbonyl (C=O) groups excluding carboxylic acids is 1. The van der Waals surface area contributed by atoms with Gasteiger partial charge >= 0.3 is 0 Å². The minimum atomic E-state index is -1.87. The standard InChI is InChI=1S/C9H15O2P/c10-9-4-2-6-12(11)5-1-3-8(9)7-12/h8H,1-7H2. The maximum absolute atomic E-state index is 12.1. The van der Waals surface area contributed by atoms with Crippen LogP contribution in [0.4, 0.5) is 0 Å². The van der Waals surface area contributed by atoms with Gasteiger partial charge in [-0.05, 0) is 19.3 Å². The predicted molar refractivity (Wildman–Crippen MR) is 49.2 cm³/mol. The van der Waals surface area contributed by atoms with Crippen LogP contribution in [0.3, 0.4) is 0 Å². The maximum Gasteiger partial charge on any atom is 0.136 e. The summed E-state index contributed by atoms with van der Waals surface area (Å²) in [6.07, 6.45) is 6.09. The summed E-state index contributed by atoms with van der Waals surface area (Å²) in [6, 6.07) is 0. The monoisotopic (exact) mass is 186 g/mol. The summed E-state index contributed by atoms with van der Waals surface area (Å²) in [7, 11) is -1.87. The van der Waals surface area contributed by atoms with Crippen LogP contribution < -0.4 is 0 Å². The molecule has 2 saturated heterocycles. The van der Waals surface area contributed by atoms with Crippen LogP contribution in [0.2, 0.25) is 0 Å². The van der Waals surface area contributed by atoms with E-state index >= 15 is 0 Å². The molecule has 2 aliphatic rings. The Hall–Kier alpha value is -0.100. The number of ketones is 1. The molecule has 0 aliphatic carbocycles. The average Bonchev–Trinajstić information content (AvgIpc) is 2.11. The lowest BCUT2D eigenvalue weighted by Crippen LogP contribution is -2.21. The molecule has 0 aromatic rings. The first-order valence-electron chi connectivity index (χ1n) is 4.79. The molecule has 0 spiro atoms. The Labute approximate surface area is 73.1 Å². The number of hydrogen-bond donors (Lipinski definition) is 0. The molecule has 0 radical (unpaired) electrons. The summed E-state index contributed by atoms with van der Waals surface area (Å²) < 4.78 is 12.1. The molecule has 0 amide bonds. The Morgan fingerprint density at radius 2 is 2.00 bits per heavy atom. The fourth-order valence-corrected chi connectivity index (χ4v) is 5.69. The van der Waals surface area contributed by atoms with E-state index in [1.54, 1.807) is 0 Å². The fourth-order valence-electron chi connectivity index (χ4n) is 2.42. The van der Waals surface area contributed by atoms with E-state index in [9.17, 15) is 9.36 Å². The van der Waals surface area contributed by atoms with Crippen molar-refractivity contribution >= 4 is 12.9 Å². The van der Waals surface area contributed by atoms with E-state index in [0.717, 1.165) is 37.7 Å². The number of carbonyl (C=O) groups is 1. The summed E-state index contributed by atoms with van der Waals surface area (Å²) >= 11 is 0. The average molecular weight is 186 g/mol. The first-order chi connectivity index (χ1) is 5.70. The van der Waals surface area contributed by atoms with Crippen molar-refractivity contribution in [2.45, 2.75) is 25.7 Å². The van der Waals surface area contributed by atoms with Crippen LogP contribution in [0.1, 0.15) is 25.7 Å². The van der Waals surface area contributed by atoms with E-state index in [1.165, 1.54) is 0 Å². The second-order valence-corrected chi connectivity index (χ2v) is 7.47. The summed E-state index contributed by atoms with van der Waals surface area (Å²) in [6.45, 7) is 0. The Kier molecular flexibility index (Phi) is 2.12. The van der Waals surface area contributed by atoms with Crippen molar-refractivity contribution < 1.29 is 9.36 Å². The third-order valence-electron chi connectivity index (χ3n) is 3.12. The molecule has 2 heterocycles. The van der Waals surface area contributed by atoms with Gasteiger partial charge in [-0.3, -0.25) is 4.79 Å². The van der Waals surface area contributed by atoms with Crippen molar-refractivity contribution in [3.05, 3.63) is 0 Å². The SMILES string of the molecule is O=C1CCCP2(=O)CCCC1C2. The second-order valence-electron chi connectivity index (χ2n) is 4.10. The van der Waals surface area contributed by atoms with Gasteiger partial charge in [0.25, 0.3) is 0 Å². The summed E-state index contributed by atoms with van der Waals surface area (Å²) in [4.78, 5) is 11.4. The van der Waals surface area contributed by atoms with Gasteiger partial charge in [0.05, 0.1) is 7.14 Å². The third-order valence-corrected chi connectivity index (χ3v) is 6.48. The lowest BCUT2D eigenvalue weighted by atomic mass is 9.98. The highest BCUT2D eigenvalue weighted by Crippen LogP contribution is 2.54. The topological polar surface area (TPSA) is 34.1 Å². The van der Waals surface area contributed by atoms with E-state index in [-0.39, 0.29) is 5.92 Å². The Balaban J connectivity index is 2.22. The molecule has 2 aliphatic heterocycles. The summed E-state index contributed by atoms with van der Waals surface area (Å²) in [5, 5.41) is 0. The number of Topliss-reactive ketones (excluding diaryl/α,β-unsaturated/α-hetero) is 1. The molecule has 2 rings (SSSR count). The van der Waals surface area contributed by atoms with Crippen molar-refractivity contribution in [2.24, 2.45) is 5.92 Å². The number of fused-ring (bicyclic) bond motifs is 2. The largest absolute Gasteiger partial charge is 0.324 e. The number of rotatable bonds is 0. The minimum absolute atomic E-state index is 0.173. The third kappa shape index (κ3) is 1.50. The van der Waals surface area contributed by atoms with Crippen LogP contribution in [-0.2, 0) is 9.36 Å². The summed E-state index contributed by atoms with van der Waals surface area (Å²) in [5.74, 6) is 0.555. The maximum atomic E-state index is 12.1. The Morgan fingerprint density at radius 1 is 1.25 bits per heavy atom. The van der Waals surface area contributed by atoms with Crippen molar-refractivity contribution in [1.29, 1.82) is 0 Å². The number of hydrogen-bond acceptors (Lipinski definition) is 2. The normalized spacial score (nSPS) is 42.3. The molecular weight excluding hydrogens is 171 g/mol. The van der Waals surface area contributed by atoms with Gasteiger partial charge in [-0.25, -0.2) is 0 Å². The van der Waals surface area contributed by atoms with Crippen LogP contribution in [0, 0.1) is 5.92 Å². The molecule has 0 aromatic carbocycles.